The molecule has 0 heterocycles. The van der Waals surface area contributed by atoms with Crippen molar-refractivity contribution in [1.29, 1.82) is 0 Å². The first-order chi connectivity index (χ1) is 7.22. The lowest BCUT2D eigenvalue weighted by molar-refractivity contribution is -0.00381. The van der Waals surface area contributed by atoms with E-state index in [4.69, 9.17) is 10.5 Å². The maximum absolute atomic E-state index is 11.7. The first kappa shape index (κ1) is 11.7. The van der Waals surface area contributed by atoms with Crippen molar-refractivity contribution in [2.75, 3.05) is 0 Å². The summed E-state index contributed by atoms with van der Waals surface area (Å²) in [5.74, 6) is 0. The van der Waals surface area contributed by atoms with E-state index in [0.29, 0.717) is 0 Å². The van der Waals surface area contributed by atoms with Crippen molar-refractivity contribution in [2.45, 2.75) is 69.6 Å². The normalized spacial score (nSPS) is 37.5. The molecule has 3 N–H and O–H groups in total. The van der Waals surface area contributed by atoms with Crippen LogP contribution in [-0.4, -0.2) is 22.8 Å². The Kier molecular flexibility index (Phi) is 2.46. The lowest BCUT2D eigenvalue weighted by Crippen LogP contribution is -2.71. The van der Waals surface area contributed by atoms with Crippen LogP contribution in [0.5, 0.6) is 0 Å². The van der Waals surface area contributed by atoms with Crippen molar-refractivity contribution in [3.63, 3.8) is 0 Å². The quantitative estimate of drug-likeness (QED) is 0.718. The van der Waals surface area contributed by atoms with Crippen LogP contribution in [0.25, 0.3) is 0 Å². The highest BCUT2D eigenvalue weighted by molar-refractivity contribution is 5.69. The van der Waals surface area contributed by atoms with E-state index in [1.165, 1.54) is 0 Å². The molecular weight excluding hydrogens is 204 g/mol. The summed E-state index contributed by atoms with van der Waals surface area (Å²) in [5.41, 5.74) is 5.61. The summed E-state index contributed by atoms with van der Waals surface area (Å²) in [7, 11) is 0. The van der Waals surface area contributed by atoms with Gasteiger partial charge in [-0.05, 0) is 52.9 Å². The van der Waals surface area contributed by atoms with Crippen molar-refractivity contribution in [3.05, 3.63) is 0 Å². The van der Waals surface area contributed by atoms with Crippen LogP contribution in [0.1, 0.15) is 52.9 Å². The van der Waals surface area contributed by atoms with Crippen molar-refractivity contribution < 1.29 is 9.53 Å². The predicted octanol–water partition coefficient (Wildman–Crippen LogP) is 1.93. The number of ether oxygens (including phenoxy) is 1. The van der Waals surface area contributed by atoms with Gasteiger partial charge in [0.05, 0.1) is 0 Å². The molecule has 0 aromatic rings. The van der Waals surface area contributed by atoms with Crippen molar-refractivity contribution in [2.24, 2.45) is 5.73 Å². The van der Waals surface area contributed by atoms with E-state index >= 15 is 0 Å². The SMILES string of the molecule is CC(C)(C)OC(=O)NC12CCCC(N)(C1)C2. The Labute approximate surface area is 96.9 Å². The highest BCUT2D eigenvalue weighted by atomic mass is 16.6. The van der Waals surface area contributed by atoms with E-state index in [2.05, 4.69) is 5.32 Å². The Morgan fingerprint density at radius 2 is 1.94 bits per heavy atom. The summed E-state index contributed by atoms with van der Waals surface area (Å²) in [5, 5.41) is 3.00. The van der Waals surface area contributed by atoms with Crippen LogP contribution in [0.3, 0.4) is 0 Å². The summed E-state index contributed by atoms with van der Waals surface area (Å²) in [4.78, 5) is 11.7. The highest BCUT2D eigenvalue weighted by Gasteiger charge is 2.56. The first-order valence-electron chi connectivity index (χ1n) is 6.02. The standard InChI is InChI=1S/C12H22N2O2/c1-10(2,3)16-9(15)14-12-6-4-5-11(13,7-12)8-12/h4-8,13H2,1-3H3,(H,14,15). The van der Waals surface area contributed by atoms with Gasteiger partial charge in [0.15, 0.2) is 0 Å². The summed E-state index contributed by atoms with van der Waals surface area (Å²) in [6.07, 6.45) is 4.72. The zero-order valence-corrected chi connectivity index (χ0v) is 10.4. The number of alkyl carbamates (subject to hydrolysis) is 1. The van der Waals surface area contributed by atoms with Crippen LogP contribution in [0.4, 0.5) is 4.79 Å². The zero-order chi connectivity index (χ0) is 12.0. The van der Waals surface area contributed by atoms with Crippen LogP contribution in [-0.2, 0) is 4.74 Å². The molecule has 3 saturated carbocycles. The van der Waals surface area contributed by atoms with Gasteiger partial charge < -0.3 is 15.8 Å². The monoisotopic (exact) mass is 226 g/mol. The van der Waals surface area contributed by atoms with Gasteiger partial charge in [-0.3, -0.25) is 0 Å². The molecule has 1 amide bonds. The summed E-state index contributed by atoms with van der Waals surface area (Å²) in [6.45, 7) is 5.62. The molecule has 0 radical (unpaired) electrons. The smallest absolute Gasteiger partial charge is 0.408 e. The molecular formula is C12H22N2O2. The predicted molar refractivity (Wildman–Crippen MR) is 62.1 cm³/mol. The number of rotatable bonds is 1. The minimum absolute atomic E-state index is 0.0206. The molecule has 4 heteroatoms. The Morgan fingerprint density at radius 3 is 2.44 bits per heavy atom. The topological polar surface area (TPSA) is 64.3 Å². The second kappa shape index (κ2) is 3.36. The molecule has 0 aliphatic heterocycles. The van der Waals surface area contributed by atoms with Gasteiger partial charge in [0.1, 0.15) is 5.60 Å². The molecule has 4 nitrogen and oxygen atoms in total. The number of amides is 1. The fourth-order valence-corrected chi connectivity index (χ4v) is 3.10. The van der Waals surface area contributed by atoms with Crippen LogP contribution in [0, 0.1) is 0 Å². The van der Waals surface area contributed by atoms with E-state index in [1.807, 2.05) is 20.8 Å². The molecule has 0 aromatic carbocycles. The maximum Gasteiger partial charge on any atom is 0.408 e. The number of carbonyl (C=O) groups excluding carboxylic acids is 1. The Morgan fingerprint density at radius 1 is 1.31 bits per heavy atom. The maximum atomic E-state index is 11.7. The van der Waals surface area contributed by atoms with Gasteiger partial charge in [0.25, 0.3) is 0 Å². The number of hydrogen-bond donors (Lipinski definition) is 2. The van der Waals surface area contributed by atoms with E-state index in [9.17, 15) is 4.79 Å². The van der Waals surface area contributed by atoms with Crippen molar-refractivity contribution in [3.8, 4) is 0 Å². The lowest BCUT2D eigenvalue weighted by atomic mass is 9.55. The average molecular weight is 226 g/mol. The molecule has 3 rings (SSSR count). The Balaban J connectivity index is 1.89. The fraction of sp³-hybridized carbons (Fsp3) is 0.917. The minimum Gasteiger partial charge on any atom is -0.444 e. The van der Waals surface area contributed by atoms with Crippen molar-refractivity contribution in [1.82, 2.24) is 5.32 Å². The van der Waals surface area contributed by atoms with E-state index in [0.717, 1.165) is 32.1 Å². The second-order valence-electron chi connectivity index (χ2n) is 6.48. The van der Waals surface area contributed by atoms with Gasteiger partial charge in [-0.2, -0.15) is 0 Å². The molecule has 0 unspecified atom stereocenters. The van der Waals surface area contributed by atoms with Gasteiger partial charge in [-0.15, -0.1) is 0 Å². The highest BCUT2D eigenvalue weighted by Crippen LogP contribution is 2.50. The van der Waals surface area contributed by atoms with Crippen LogP contribution in [0.15, 0.2) is 0 Å². The Bertz CT molecular complexity index is 301. The van der Waals surface area contributed by atoms with Crippen LogP contribution < -0.4 is 11.1 Å². The summed E-state index contributed by atoms with van der Waals surface area (Å²) in [6, 6.07) is 0. The third-order valence-electron chi connectivity index (χ3n) is 3.48. The van der Waals surface area contributed by atoms with Gasteiger partial charge in [0.2, 0.25) is 0 Å². The molecule has 0 atom stereocenters. The number of nitrogens with two attached hydrogens (primary N) is 1. The number of nitrogens with one attached hydrogen (secondary N) is 1. The first-order valence-corrected chi connectivity index (χ1v) is 6.02. The van der Waals surface area contributed by atoms with Gasteiger partial charge >= 0.3 is 6.09 Å². The minimum atomic E-state index is -0.432. The molecule has 3 fully saturated rings. The molecule has 16 heavy (non-hydrogen) atoms. The molecule has 2 bridgehead atoms. The molecule has 0 spiro atoms. The second-order valence-corrected chi connectivity index (χ2v) is 6.48. The molecule has 3 aliphatic carbocycles. The molecule has 3 aliphatic rings. The summed E-state index contributed by atoms with van der Waals surface area (Å²) < 4.78 is 5.27. The fourth-order valence-electron chi connectivity index (χ4n) is 3.10. The third kappa shape index (κ3) is 2.32. The van der Waals surface area contributed by atoms with Gasteiger partial charge in [-0.25, -0.2) is 4.79 Å². The number of fused-ring (bicyclic) bond motifs is 2. The molecule has 0 aromatic heterocycles. The van der Waals surface area contributed by atoms with Gasteiger partial charge in [-0.1, -0.05) is 0 Å². The molecule has 0 saturated heterocycles. The average Bonchev–Trinajstić information content (AvgIpc) is 1.95. The zero-order valence-electron chi connectivity index (χ0n) is 10.4. The number of hydrogen-bond acceptors (Lipinski definition) is 3. The van der Waals surface area contributed by atoms with Gasteiger partial charge in [0, 0.05) is 11.1 Å². The summed E-state index contributed by atoms with van der Waals surface area (Å²) >= 11 is 0. The Hall–Kier alpha value is -0.770. The largest absolute Gasteiger partial charge is 0.444 e. The lowest BCUT2D eigenvalue weighted by Gasteiger charge is -2.58. The van der Waals surface area contributed by atoms with Crippen molar-refractivity contribution >= 4 is 6.09 Å². The van der Waals surface area contributed by atoms with Crippen LogP contribution >= 0.6 is 0 Å². The third-order valence-corrected chi connectivity index (χ3v) is 3.48. The molecule has 92 valence electrons. The number of carbonyl (C=O) groups is 1. The van der Waals surface area contributed by atoms with E-state index in [1.54, 1.807) is 0 Å². The van der Waals surface area contributed by atoms with Crippen LogP contribution in [0.2, 0.25) is 0 Å². The van der Waals surface area contributed by atoms with E-state index < -0.39 is 5.60 Å². The van der Waals surface area contributed by atoms with E-state index in [-0.39, 0.29) is 17.2 Å².